The molecule has 15 heavy (non-hydrogen) atoms. The van der Waals surface area contributed by atoms with E-state index in [0.717, 1.165) is 25.7 Å². The fourth-order valence-corrected chi connectivity index (χ4v) is 3.97. The van der Waals surface area contributed by atoms with Crippen LogP contribution in [0.1, 0.15) is 39.0 Å². The van der Waals surface area contributed by atoms with E-state index in [9.17, 15) is 8.42 Å². The van der Waals surface area contributed by atoms with Crippen LogP contribution in [0.15, 0.2) is 0 Å². The Bertz CT molecular complexity index is 321. The number of nitrogens with two attached hydrogens (primary N) is 1. The van der Waals surface area contributed by atoms with Gasteiger partial charge in [-0.25, -0.2) is 13.1 Å². The maximum Gasteiger partial charge on any atom is 0.215 e. The van der Waals surface area contributed by atoms with E-state index in [0.29, 0.717) is 6.42 Å². The van der Waals surface area contributed by atoms with Crippen molar-refractivity contribution in [3.05, 3.63) is 0 Å². The molecule has 88 valence electrons. The number of sulfonamides is 1. The molecule has 0 radical (unpaired) electrons. The van der Waals surface area contributed by atoms with Crippen molar-refractivity contribution in [1.29, 1.82) is 0 Å². The van der Waals surface area contributed by atoms with E-state index in [1.807, 2.05) is 6.92 Å². The number of hydrogen-bond donors (Lipinski definition) is 2. The molecule has 4 nitrogen and oxygen atoms in total. The Balaban J connectivity index is 2.65. The highest BCUT2D eigenvalue weighted by Gasteiger charge is 2.30. The number of nitrogens with one attached hydrogen (secondary N) is 1. The lowest BCUT2D eigenvalue weighted by Gasteiger charge is -2.18. The first-order chi connectivity index (χ1) is 6.97. The summed E-state index contributed by atoms with van der Waals surface area (Å²) in [5.41, 5.74) is 5.46. The fraction of sp³-hybridized carbons (Fsp3) is 0.889. The summed E-state index contributed by atoms with van der Waals surface area (Å²) in [6.45, 7) is 1.86. The van der Waals surface area contributed by atoms with E-state index in [4.69, 9.17) is 18.0 Å². The summed E-state index contributed by atoms with van der Waals surface area (Å²) < 4.78 is 26.4. The predicted molar refractivity (Wildman–Crippen MR) is 65.2 cm³/mol. The average Bonchev–Trinajstić information content (AvgIpc) is 2.67. The minimum atomic E-state index is -3.23. The molecule has 0 aromatic heterocycles. The average molecular weight is 250 g/mol. The first-order valence-corrected chi connectivity index (χ1v) is 7.23. The quantitative estimate of drug-likeness (QED) is 0.712. The van der Waals surface area contributed by atoms with Crippen molar-refractivity contribution in [3.8, 4) is 0 Å². The van der Waals surface area contributed by atoms with Gasteiger partial charge in [-0.1, -0.05) is 32.0 Å². The molecule has 1 rings (SSSR count). The van der Waals surface area contributed by atoms with E-state index in [-0.39, 0.29) is 10.2 Å². The zero-order valence-corrected chi connectivity index (χ0v) is 10.5. The van der Waals surface area contributed by atoms with E-state index in [2.05, 4.69) is 4.72 Å². The van der Waals surface area contributed by atoms with Crippen molar-refractivity contribution in [2.24, 2.45) is 5.73 Å². The van der Waals surface area contributed by atoms with Crippen molar-refractivity contribution in [2.75, 3.05) is 0 Å². The highest BCUT2D eigenvalue weighted by Crippen LogP contribution is 2.24. The molecule has 0 aromatic carbocycles. The number of hydrogen-bond acceptors (Lipinski definition) is 3. The lowest BCUT2D eigenvalue weighted by Crippen LogP contribution is -2.46. The number of rotatable bonds is 5. The van der Waals surface area contributed by atoms with Crippen molar-refractivity contribution >= 4 is 27.2 Å². The van der Waals surface area contributed by atoms with Crippen LogP contribution in [0, 0.1) is 0 Å². The highest BCUT2D eigenvalue weighted by atomic mass is 32.2. The molecule has 0 saturated heterocycles. The molecule has 1 unspecified atom stereocenters. The Morgan fingerprint density at radius 2 is 2.07 bits per heavy atom. The second-order valence-electron chi connectivity index (χ2n) is 3.93. The molecule has 1 fully saturated rings. The maximum atomic E-state index is 11.9. The van der Waals surface area contributed by atoms with Crippen molar-refractivity contribution < 1.29 is 8.42 Å². The molecule has 0 amide bonds. The minimum absolute atomic E-state index is 0.221. The third-order valence-electron chi connectivity index (χ3n) is 2.80. The molecule has 3 N–H and O–H groups in total. The molecular formula is C9H18N2O2S2. The Morgan fingerprint density at radius 3 is 2.47 bits per heavy atom. The summed E-state index contributed by atoms with van der Waals surface area (Å²) in [5, 5.41) is -0.249. The van der Waals surface area contributed by atoms with Gasteiger partial charge in [-0.2, -0.15) is 0 Å². The van der Waals surface area contributed by atoms with Crippen molar-refractivity contribution in [3.63, 3.8) is 0 Å². The van der Waals surface area contributed by atoms with Gasteiger partial charge in [0.15, 0.2) is 0 Å². The largest absolute Gasteiger partial charge is 0.392 e. The third-order valence-corrected chi connectivity index (χ3v) is 5.05. The standard InChI is InChI=1S/C9H18N2O2S2/c1-2-8(9(10)14)11-15(12,13)7-5-3-4-6-7/h7-8,11H,2-6H2,1H3,(H2,10,14). The molecule has 0 spiro atoms. The van der Waals surface area contributed by atoms with Crippen molar-refractivity contribution in [1.82, 2.24) is 4.72 Å². The zero-order valence-electron chi connectivity index (χ0n) is 8.90. The smallest absolute Gasteiger partial charge is 0.215 e. The van der Waals surface area contributed by atoms with Crippen LogP contribution in [0.2, 0.25) is 0 Å². The van der Waals surface area contributed by atoms with Gasteiger partial charge in [-0.05, 0) is 19.3 Å². The van der Waals surface area contributed by atoms with E-state index >= 15 is 0 Å². The van der Waals surface area contributed by atoms with Gasteiger partial charge < -0.3 is 5.73 Å². The Labute approximate surface area is 96.7 Å². The molecule has 1 saturated carbocycles. The minimum Gasteiger partial charge on any atom is -0.392 e. The number of thiocarbonyl (C=S) groups is 1. The summed E-state index contributed by atoms with van der Waals surface area (Å²) in [5.74, 6) is 0. The predicted octanol–water partition coefficient (Wildman–Crippen LogP) is 0.913. The molecule has 6 heteroatoms. The highest BCUT2D eigenvalue weighted by molar-refractivity contribution is 7.90. The monoisotopic (exact) mass is 250 g/mol. The SMILES string of the molecule is CCC(NS(=O)(=O)C1CCCC1)C(N)=S. The van der Waals surface area contributed by atoms with Crippen LogP contribution in [0.25, 0.3) is 0 Å². The molecule has 0 aromatic rings. The van der Waals surface area contributed by atoms with E-state index in [1.165, 1.54) is 0 Å². The van der Waals surface area contributed by atoms with Gasteiger partial charge in [0.05, 0.1) is 16.3 Å². The maximum absolute atomic E-state index is 11.9. The van der Waals surface area contributed by atoms with Crippen LogP contribution in [-0.4, -0.2) is 24.7 Å². The van der Waals surface area contributed by atoms with Crippen LogP contribution < -0.4 is 10.5 Å². The summed E-state index contributed by atoms with van der Waals surface area (Å²) >= 11 is 4.81. The first-order valence-electron chi connectivity index (χ1n) is 5.28. The Hall–Kier alpha value is -0.200. The van der Waals surface area contributed by atoms with Gasteiger partial charge in [0.1, 0.15) is 0 Å². The third kappa shape index (κ3) is 3.39. The lowest BCUT2D eigenvalue weighted by molar-refractivity contribution is 0.556. The van der Waals surface area contributed by atoms with E-state index in [1.54, 1.807) is 0 Å². The fourth-order valence-electron chi connectivity index (χ4n) is 1.84. The topological polar surface area (TPSA) is 72.2 Å². The second kappa shape index (κ2) is 5.23. The van der Waals surface area contributed by atoms with Gasteiger partial charge in [0.25, 0.3) is 0 Å². The van der Waals surface area contributed by atoms with Gasteiger partial charge >= 0.3 is 0 Å². The summed E-state index contributed by atoms with van der Waals surface area (Å²) in [4.78, 5) is 0.221. The Kier molecular flexibility index (Phi) is 4.48. The second-order valence-corrected chi connectivity index (χ2v) is 6.40. The molecule has 1 aliphatic carbocycles. The summed E-state index contributed by atoms with van der Waals surface area (Å²) in [7, 11) is -3.23. The summed E-state index contributed by atoms with van der Waals surface area (Å²) in [6.07, 6.45) is 4.10. The van der Waals surface area contributed by atoms with Gasteiger partial charge in [0.2, 0.25) is 10.0 Å². The van der Waals surface area contributed by atoms with Crippen LogP contribution in [-0.2, 0) is 10.0 Å². The normalized spacial score (nSPS) is 20.3. The molecule has 0 heterocycles. The summed E-state index contributed by atoms with van der Waals surface area (Å²) in [6, 6.07) is -0.398. The van der Waals surface area contributed by atoms with Crippen LogP contribution in [0.5, 0.6) is 0 Å². The zero-order chi connectivity index (χ0) is 11.5. The van der Waals surface area contributed by atoms with Crippen molar-refractivity contribution in [2.45, 2.75) is 50.3 Å². The van der Waals surface area contributed by atoms with Crippen LogP contribution >= 0.6 is 12.2 Å². The molecule has 1 atom stereocenters. The Morgan fingerprint density at radius 1 is 1.53 bits per heavy atom. The van der Waals surface area contributed by atoms with E-state index < -0.39 is 16.1 Å². The lowest BCUT2D eigenvalue weighted by atomic mass is 10.2. The molecule has 1 aliphatic rings. The van der Waals surface area contributed by atoms with Gasteiger partial charge in [0, 0.05) is 0 Å². The van der Waals surface area contributed by atoms with Crippen LogP contribution in [0.4, 0.5) is 0 Å². The molecule has 0 bridgehead atoms. The van der Waals surface area contributed by atoms with Gasteiger partial charge in [-0.3, -0.25) is 0 Å². The van der Waals surface area contributed by atoms with Crippen LogP contribution in [0.3, 0.4) is 0 Å². The molecule has 0 aliphatic heterocycles. The first kappa shape index (κ1) is 12.9. The molecular weight excluding hydrogens is 232 g/mol. The van der Waals surface area contributed by atoms with Gasteiger partial charge in [-0.15, -0.1) is 0 Å².